The number of H-pyrrole nitrogens is 1. The number of amides is 2. The molecule has 6 nitrogen and oxygen atoms in total. The zero-order valence-electron chi connectivity index (χ0n) is 11.6. The standard InChI is InChI=1S/C13H21N3O3/c1-9-7-10(2)16-12(17)11(9)8-15-13(18)14-5-4-6-19-3/h7H,4-6,8H2,1-3H3,(H,16,17)(H2,14,15,18). The Bertz CT molecular complexity index is 483. The van der Waals surface area contributed by atoms with Crippen molar-refractivity contribution in [1.29, 1.82) is 0 Å². The smallest absolute Gasteiger partial charge is 0.315 e. The molecule has 0 aliphatic rings. The molecule has 0 atom stereocenters. The Hall–Kier alpha value is -1.82. The Morgan fingerprint density at radius 2 is 2.11 bits per heavy atom. The molecule has 106 valence electrons. The summed E-state index contributed by atoms with van der Waals surface area (Å²) in [5.74, 6) is 0. The topological polar surface area (TPSA) is 83.2 Å². The first kappa shape index (κ1) is 15.2. The second-order valence-electron chi connectivity index (χ2n) is 4.40. The van der Waals surface area contributed by atoms with E-state index in [1.807, 2.05) is 19.9 Å². The van der Waals surface area contributed by atoms with Crippen LogP contribution in [0.4, 0.5) is 4.79 Å². The summed E-state index contributed by atoms with van der Waals surface area (Å²) in [4.78, 5) is 25.9. The molecule has 3 N–H and O–H groups in total. The molecule has 0 saturated heterocycles. The average molecular weight is 267 g/mol. The van der Waals surface area contributed by atoms with Crippen LogP contribution in [-0.4, -0.2) is 31.3 Å². The second-order valence-corrected chi connectivity index (χ2v) is 4.40. The summed E-state index contributed by atoms with van der Waals surface area (Å²) < 4.78 is 4.88. The van der Waals surface area contributed by atoms with Crippen LogP contribution in [0.3, 0.4) is 0 Å². The fourth-order valence-electron chi connectivity index (χ4n) is 1.75. The fourth-order valence-corrected chi connectivity index (χ4v) is 1.75. The van der Waals surface area contributed by atoms with E-state index in [0.717, 1.165) is 17.7 Å². The van der Waals surface area contributed by atoms with E-state index in [1.165, 1.54) is 0 Å². The molecule has 1 heterocycles. The highest BCUT2D eigenvalue weighted by atomic mass is 16.5. The molecule has 0 aliphatic heterocycles. The fraction of sp³-hybridized carbons (Fsp3) is 0.538. The Labute approximate surface area is 112 Å². The number of methoxy groups -OCH3 is 1. The van der Waals surface area contributed by atoms with Gasteiger partial charge in [0, 0.05) is 31.5 Å². The van der Waals surface area contributed by atoms with Crippen molar-refractivity contribution in [1.82, 2.24) is 15.6 Å². The molecule has 0 aromatic carbocycles. The number of hydrogen-bond acceptors (Lipinski definition) is 3. The Kier molecular flexibility index (Phi) is 6.08. The van der Waals surface area contributed by atoms with Gasteiger partial charge in [0.25, 0.3) is 5.56 Å². The molecule has 0 unspecified atom stereocenters. The number of aromatic amines is 1. The normalized spacial score (nSPS) is 10.3. The maximum Gasteiger partial charge on any atom is 0.315 e. The number of carbonyl (C=O) groups excluding carboxylic acids is 1. The van der Waals surface area contributed by atoms with Crippen LogP contribution in [0.2, 0.25) is 0 Å². The van der Waals surface area contributed by atoms with E-state index in [-0.39, 0.29) is 18.1 Å². The largest absolute Gasteiger partial charge is 0.385 e. The lowest BCUT2D eigenvalue weighted by Crippen LogP contribution is -2.37. The number of aromatic nitrogens is 1. The van der Waals surface area contributed by atoms with Gasteiger partial charge in [-0.25, -0.2) is 4.79 Å². The predicted molar refractivity (Wildman–Crippen MR) is 73.3 cm³/mol. The van der Waals surface area contributed by atoms with Crippen molar-refractivity contribution in [3.8, 4) is 0 Å². The summed E-state index contributed by atoms with van der Waals surface area (Å²) in [5.41, 5.74) is 2.12. The van der Waals surface area contributed by atoms with Gasteiger partial charge in [0.1, 0.15) is 0 Å². The lowest BCUT2D eigenvalue weighted by molar-refractivity contribution is 0.193. The van der Waals surface area contributed by atoms with Crippen LogP contribution in [-0.2, 0) is 11.3 Å². The zero-order chi connectivity index (χ0) is 14.3. The third-order valence-corrected chi connectivity index (χ3v) is 2.73. The van der Waals surface area contributed by atoms with Crippen LogP contribution in [0.25, 0.3) is 0 Å². The highest BCUT2D eigenvalue weighted by Crippen LogP contribution is 2.02. The molecule has 0 aliphatic carbocycles. The van der Waals surface area contributed by atoms with Crippen LogP contribution in [0.1, 0.15) is 23.2 Å². The number of ether oxygens (including phenoxy) is 1. The van der Waals surface area contributed by atoms with Crippen LogP contribution in [0.5, 0.6) is 0 Å². The molecule has 2 amide bonds. The SMILES string of the molecule is COCCCNC(=O)NCc1c(C)cc(C)[nH]c1=O. The molecule has 6 heteroatoms. The van der Waals surface area contributed by atoms with Crippen molar-refractivity contribution < 1.29 is 9.53 Å². The number of aryl methyl sites for hydroxylation is 2. The van der Waals surface area contributed by atoms with E-state index in [0.29, 0.717) is 18.7 Å². The third kappa shape index (κ3) is 5.13. The molecule has 1 aromatic rings. The first-order chi connectivity index (χ1) is 9.04. The monoisotopic (exact) mass is 267 g/mol. The van der Waals surface area contributed by atoms with Crippen molar-refractivity contribution in [2.45, 2.75) is 26.8 Å². The average Bonchev–Trinajstić information content (AvgIpc) is 2.33. The molecular formula is C13H21N3O3. The molecule has 0 radical (unpaired) electrons. The highest BCUT2D eigenvalue weighted by Gasteiger charge is 2.06. The van der Waals surface area contributed by atoms with Crippen molar-refractivity contribution in [2.75, 3.05) is 20.3 Å². The van der Waals surface area contributed by atoms with Gasteiger partial charge in [0.2, 0.25) is 0 Å². The van der Waals surface area contributed by atoms with E-state index in [9.17, 15) is 9.59 Å². The van der Waals surface area contributed by atoms with Gasteiger partial charge in [-0.15, -0.1) is 0 Å². The Morgan fingerprint density at radius 1 is 1.37 bits per heavy atom. The van der Waals surface area contributed by atoms with Crippen molar-refractivity contribution in [2.24, 2.45) is 0 Å². The van der Waals surface area contributed by atoms with Crippen molar-refractivity contribution >= 4 is 6.03 Å². The summed E-state index contributed by atoms with van der Waals surface area (Å²) in [5, 5.41) is 5.36. The minimum absolute atomic E-state index is 0.155. The maximum absolute atomic E-state index is 11.7. The van der Waals surface area contributed by atoms with Gasteiger partial charge in [0.15, 0.2) is 0 Å². The van der Waals surface area contributed by atoms with Crippen molar-refractivity contribution in [3.63, 3.8) is 0 Å². The van der Waals surface area contributed by atoms with Crippen LogP contribution in [0.15, 0.2) is 10.9 Å². The number of rotatable bonds is 6. The predicted octanol–water partition coefficient (Wildman–Crippen LogP) is 0.827. The van der Waals surface area contributed by atoms with Gasteiger partial charge < -0.3 is 20.4 Å². The quantitative estimate of drug-likeness (QED) is 0.667. The lowest BCUT2D eigenvalue weighted by Gasteiger charge is -2.09. The molecule has 0 fully saturated rings. The first-order valence-electron chi connectivity index (χ1n) is 6.24. The number of carbonyl (C=O) groups is 1. The van der Waals surface area contributed by atoms with Gasteiger partial charge in [-0.05, 0) is 31.9 Å². The maximum atomic E-state index is 11.7. The molecule has 1 rings (SSSR count). The van der Waals surface area contributed by atoms with Crippen LogP contribution < -0.4 is 16.2 Å². The van der Waals surface area contributed by atoms with Gasteiger partial charge in [-0.1, -0.05) is 0 Å². The summed E-state index contributed by atoms with van der Waals surface area (Å²) >= 11 is 0. The number of pyridine rings is 1. The van der Waals surface area contributed by atoms with E-state index in [1.54, 1.807) is 7.11 Å². The Balaban J connectivity index is 2.44. The lowest BCUT2D eigenvalue weighted by atomic mass is 10.1. The first-order valence-corrected chi connectivity index (χ1v) is 6.24. The van der Waals surface area contributed by atoms with E-state index in [4.69, 9.17) is 4.74 Å². The van der Waals surface area contributed by atoms with Gasteiger partial charge in [-0.3, -0.25) is 4.79 Å². The molecule has 0 bridgehead atoms. The van der Waals surface area contributed by atoms with Crippen LogP contribution in [0, 0.1) is 13.8 Å². The van der Waals surface area contributed by atoms with Gasteiger partial charge in [-0.2, -0.15) is 0 Å². The second kappa shape index (κ2) is 7.58. The third-order valence-electron chi connectivity index (χ3n) is 2.73. The van der Waals surface area contributed by atoms with Crippen LogP contribution >= 0.6 is 0 Å². The van der Waals surface area contributed by atoms with E-state index in [2.05, 4.69) is 15.6 Å². The molecule has 19 heavy (non-hydrogen) atoms. The summed E-state index contributed by atoms with van der Waals surface area (Å²) in [7, 11) is 1.62. The molecule has 0 spiro atoms. The zero-order valence-corrected chi connectivity index (χ0v) is 11.6. The number of urea groups is 1. The highest BCUT2D eigenvalue weighted by molar-refractivity contribution is 5.73. The number of nitrogens with one attached hydrogen (secondary N) is 3. The number of hydrogen-bond donors (Lipinski definition) is 3. The Morgan fingerprint density at radius 3 is 2.74 bits per heavy atom. The van der Waals surface area contributed by atoms with Gasteiger partial charge in [0.05, 0.1) is 6.54 Å². The molecule has 1 aromatic heterocycles. The van der Waals surface area contributed by atoms with Gasteiger partial charge >= 0.3 is 6.03 Å². The molecule has 0 saturated carbocycles. The minimum atomic E-state index is -0.282. The summed E-state index contributed by atoms with van der Waals surface area (Å²) in [6.07, 6.45) is 0.758. The molecular weight excluding hydrogens is 246 g/mol. The van der Waals surface area contributed by atoms with E-state index >= 15 is 0 Å². The summed E-state index contributed by atoms with van der Waals surface area (Å²) in [6, 6.07) is 1.60. The van der Waals surface area contributed by atoms with E-state index < -0.39 is 0 Å². The summed E-state index contributed by atoms with van der Waals surface area (Å²) in [6.45, 7) is 5.06. The minimum Gasteiger partial charge on any atom is -0.385 e. The van der Waals surface area contributed by atoms with Crippen molar-refractivity contribution in [3.05, 3.63) is 33.2 Å².